The van der Waals surface area contributed by atoms with Gasteiger partial charge in [0.05, 0.1) is 23.0 Å². The molecule has 0 saturated heterocycles. The number of nitrogens with two attached hydrogens (primary N) is 1. The first-order chi connectivity index (χ1) is 17.2. The average Bonchev–Trinajstić information content (AvgIpc) is 3.16. The summed E-state index contributed by atoms with van der Waals surface area (Å²) in [5.74, 6) is -1.48. The molecular formula is C24H30ClF2N7O2. The predicted octanol–water partition coefficient (Wildman–Crippen LogP) is 4.82. The van der Waals surface area contributed by atoms with Crippen LogP contribution in [0.15, 0.2) is 18.3 Å². The summed E-state index contributed by atoms with van der Waals surface area (Å²) in [5, 5.41) is 16.1. The van der Waals surface area contributed by atoms with E-state index in [0.717, 1.165) is 37.8 Å². The quantitative estimate of drug-likeness (QED) is 0.300. The minimum absolute atomic E-state index is 0.0357. The zero-order chi connectivity index (χ0) is 25.8. The molecule has 36 heavy (non-hydrogen) atoms. The summed E-state index contributed by atoms with van der Waals surface area (Å²) in [6, 6.07) is 1.54. The molecular weight excluding hydrogens is 492 g/mol. The van der Waals surface area contributed by atoms with E-state index in [-0.39, 0.29) is 41.3 Å². The maximum Gasteiger partial charge on any atom is 0.224 e. The zero-order valence-corrected chi connectivity index (χ0v) is 20.7. The van der Waals surface area contributed by atoms with Crippen LogP contribution in [0.4, 0.5) is 26.4 Å². The fourth-order valence-electron chi connectivity index (χ4n) is 4.69. The normalized spacial score (nSPS) is 18.8. The van der Waals surface area contributed by atoms with Crippen LogP contribution >= 0.6 is 11.6 Å². The predicted molar refractivity (Wildman–Crippen MR) is 134 cm³/mol. The van der Waals surface area contributed by atoms with Gasteiger partial charge < -0.3 is 21.5 Å². The number of anilines is 3. The van der Waals surface area contributed by atoms with Crippen LogP contribution in [0.5, 0.6) is 0 Å². The molecule has 0 unspecified atom stereocenters. The molecule has 1 aromatic carbocycles. The van der Waals surface area contributed by atoms with Gasteiger partial charge >= 0.3 is 0 Å². The van der Waals surface area contributed by atoms with Gasteiger partial charge in [0.2, 0.25) is 17.8 Å². The second-order valence-corrected chi connectivity index (χ2v) is 9.59. The van der Waals surface area contributed by atoms with Crippen molar-refractivity contribution in [1.29, 1.82) is 0 Å². The van der Waals surface area contributed by atoms with Gasteiger partial charge in [-0.15, -0.1) is 0 Å². The molecule has 1 aliphatic carbocycles. The van der Waals surface area contributed by atoms with Gasteiger partial charge in [0.15, 0.2) is 11.5 Å². The summed E-state index contributed by atoms with van der Waals surface area (Å²) in [7, 11) is 0. The maximum absolute atomic E-state index is 14.6. The van der Waals surface area contributed by atoms with E-state index in [1.165, 1.54) is 0 Å². The molecule has 0 radical (unpaired) electrons. The average molecular weight is 522 g/mol. The third kappa shape index (κ3) is 6.01. The topological polar surface area (TPSA) is 131 Å². The summed E-state index contributed by atoms with van der Waals surface area (Å²) in [6.45, 7) is 2.01. The zero-order valence-electron chi connectivity index (χ0n) is 20.0. The Morgan fingerprint density at radius 1 is 1.31 bits per heavy atom. The van der Waals surface area contributed by atoms with Crippen molar-refractivity contribution in [3.05, 3.63) is 35.0 Å². The summed E-state index contributed by atoms with van der Waals surface area (Å²) >= 11 is 6.13. The highest BCUT2D eigenvalue weighted by atomic mass is 35.5. The lowest BCUT2D eigenvalue weighted by Crippen LogP contribution is -2.30. The molecule has 3 atom stereocenters. The van der Waals surface area contributed by atoms with Crippen LogP contribution in [-0.4, -0.2) is 42.7 Å². The van der Waals surface area contributed by atoms with Crippen LogP contribution < -0.4 is 16.4 Å². The summed E-state index contributed by atoms with van der Waals surface area (Å²) < 4.78 is 30.0. The Morgan fingerprint density at radius 2 is 2.11 bits per heavy atom. The van der Waals surface area contributed by atoms with E-state index < -0.39 is 17.5 Å². The van der Waals surface area contributed by atoms with E-state index in [9.17, 15) is 18.7 Å². The van der Waals surface area contributed by atoms with Crippen LogP contribution in [0.25, 0.3) is 11.2 Å². The molecule has 12 heteroatoms. The van der Waals surface area contributed by atoms with Gasteiger partial charge in [-0.05, 0) is 44.6 Å². The van der Waals surface area contributed by atoms with Crippen LogP contribution in [0.2, 0.25) is 5.02 Å². The number of aromatic nitrogens is 4. The van der Waals surface area contributed by atoms with Crippen molar-refractivity contribution >= 4 is 46.3 Å². The molecule has 1 amide bonds. The fourth-order valence-corrected chi connectivity index (χ4v) is 4.93. The molecule has 1 aliphatic rings. The molecule has 3 aromatic rings. The van der Waals surface area contributed by atoms with Crippen LogP contribution in [0.3, 0.4) is 0 Å². The molecule has 1 fully saturated rings. The van der Waals surface area contributed by atoms with Gasteiger partial charge in [-0.2, -0.15) is 4.98 Å². The highest BCUT2D eigenvalue weighted by Gasteiger charge is 2.25. The van der Waals surface area contributed by atoms with Crippen molar-refractivity contribution in [2.24, 2.45) is 5.73 Å². The number of rotatable bonds is 10. The number of hydrogen-bond acceptors (Lipinski definition) is 7. The Labute approximate surface area is 212 Å². The Balaban J connectivity index is 1.77. The first-order valence-corrected chi connectivity index (χ1v) is 12.5. The number of benzene rings is 1. The lowest BCUT2D eigenvalue weighted by Gasteiger charge is -2.26. The highest BCUT2D eigenvalue weighted by molar-refractivity contribution is 6.33. The molecule has 9 nitrogen and oxygen atoms in total. The number of nitrogens with zero attached hydrogens (tertiary/aromatic N) is 4. The highest BCUT2D eigenvalue weighted by Crippen LogP contribution is 2.34. The summed E-state index contributed by atoms with van der Waals surface area (Å²) in [6.07, 6.45) is 6.42. The lowest BCUT2D eigenvalue weighted by atomic mass is 9.93. The second-order valence-electron chi connectivity index (χ2n) is 9.19. The molecule has 5 N–H and O–H groups in total. The second kappa shape index (κ2) is 11.3. The number of hydrogen-bond donors (Lipinski definition) is 4. The molecule has 0 bridgehead atoms. The molecule has 194 valence electrons. The molecule has 0 aliphatic heterocycles. The summed E-state index contributed by atoms with van der Waals surface area (Å²) in [5.41, 5.74) is 6.23. The van der Waals surface area contributed by atoms with Crippen molar-refractivity contribution in [1.82, 2.24) is 19.5 Å². The van der Waals surface area contributed by atoms with E-state index in [1.807, 2.05) is 6.92 Å². The Morgan fingerprint density at radius 3 is 2.81 bits per heavy atom. The molecule has 0 spiro atoms. The van der Waals surface area contributed by atoms with Gasteiger partial charge in [-0.1, -0.05) is 24.9 Å². The number of fused-ring (bicyclic) bond motifs is 1. The van der Waals surface area contributed by atoms with E-state index in [1.54, 1.807) is 10.8 Å². The Hall–Kier alpha value is -3.05. The van der Waals surface area contributed by atoms with E-state index in [2.05, 4.69) is 20.6 Å². The van der Waals surface area contributed by atoms with Crippen molar-refractivity contribution in [3.8, 4) is 0 Å². The van der Waals surface area contributed by atoms with E-state index in [4.69, 9.17) is 22.3 Å². The van der Waals surface area contributed by atoms with Crippen molar-refractivity contribution in [2.45, 2.75) is 76.5 Å². The van der Waals surface area contributed by atoms with Crippen molar-refractivity contribution in [3.63, 3.8) is 0 Å². The number of nitrogens with one attached hydrogen (secondary N) is 2. The molecule has 2 heterocycles. The number of imidazole rings is 1. The number of aliphatic hydroxyl groups is 1. The minimum Gasteiger partial charge on any atom is -0.393 e. The number of carbonyl (C=O) groups is 1. The number of carbonyl (C=O) groups excluding carboxylic acids is 1. The third-order valence-electron chi connectivity index (χ3n) is 6.37. The van der Waals surface area contributed by atoms with Crippen LogP contribution in [0, 0.1) is 11.6 Å². The largest absolute Gasteiger partial charge is 0.393 e. The minimum atomic E-state index is -0.868. The van der Waals surface area contributed by atoms with Gasteiger partial charge in [0.25, 0.3) is 0 Å². The Kier molecular flexibility index (Phi) is 8.20. The standard InChI is InChI=1S/C24H30ClF2N7O2/c1-2-4-15(7-8-20(28)36)34-22-19(12-29-23(33-22)30-14-5-3-6-16(35)11-14)31-24(34)32-21-17(25)9-13(26)10-18(21)27/h9-10,12,14-16,35H,2-8,11H2,1H3,(H2,28,36)(H,31,32)(H,29,30,33)/t14-,15+,16+/m0/s1. The van der Waals surface area contributed by atoms with Gasteiger partial charge in [-0.3, -0.25) is 9.36 Å². The first-order valence-electron chi connectivity index (χ1n) is 12.1. The van der Waals surface area contributed by atoms with Crippen LogP contribution in [0.1, 0.15) is 64.3 Å². The maximum atomic E-state index is 14.6. The van der Waals surface area contributed by atoms with Crippen molar-refractivity contribution < 1.29 is 18.7 Å². The SMILES string of the molecule is CCC[C@H](CCC(N)=O)n1c(Nc2c(F)cc(F)cc2Cl)nc2cnc(N[C@H]3CCC[C@@H](O)C3)nc21. The Bertz CT molecular complexity index is 1220. The lowest BCUT2D eigenvalue weighted by molar-refractivity contribution is -0.118. The monoisotopic (exact) mass is 521 g/mol. The molecule has 1 saturated carbocycles. The summed E-state index contributed by atoms with van der Waals surface area (Å²) in [4.78, 5) is 25.2. The number of halogens is 3. The molecule has 2 aromatic heterocycles. The molecule has 4 rings (SSSR count). The number of primary amides is 1. The number of amides is 1. The van der Waals surface area contributed by atoms with Gasteiger partial charge in [0.1, 0.15) is 11.3 Å². The van der Waals surface area contributed by atoms with E-state index in [0.29, 0.717) is 36.4 Å². The smallest absolute Gasteiger partial charge is 0.224 e. The van der Waals surface area contributed by atoms with Gasteiger partial charge in [-0.25, -0.2) is 18.7 Å². The fraction of sp³-hybridized carbons (Fsp3) is 0.500. The van der Waals surface area contributed by atoms with Crippen LogP contribution in [-0.2, 0) is 4.79 Å². The van der Waals surface area contributed by atoms with E-state index >= 15 is 0 Å². The number of aliphatic hydroxyl groups excluding tert-OH is 1. The third-order valence-corrected chi connectivity index (χ3v) is 6.67. The first kappa shape index (κ1) is 26.0. The van der Waals surface area contributed by atoms with Gasteiger partial charge in [0, 0.05) is 24.6 Å². The van der Waals surface area contributed by atoms with Crippen molar-refractivity contribution in [2.75, 3.05) is 10.6 Å².